The van der Waals surface area contributed by atoms with E-state index >= 15 is 0 Å². The van der Waals surface area contributed by atoms with E-state index < -0.39 is 0 Å². The van der Waals surface area contributed by atoms with Crippen molar-refractivity contribution >= 4 is 15.9 Å². The van der Waals surface area contributed by atoms with Gasteiger partial charge < -0.3 is 14.2 Å². The lowest BCUT2D eigenvalue weighted by molar-refractivity contribution is 0.160. The van der Waals surface area contributed by atoms with Crippen LogP contribution in [0.3, 0.4) is 0 Å². The highest BCUT2D eigenvalue weighted by atomic mass is 79.9. The third kappa shape index (κ3) is 2.90. The third-order valence-corrected chi connectivity index (χ3v) is 3.71. The van der Waals surface area contributed by atoms with Crippen LogP contribution in [0.1, 0.15) is 11.1 Å². The van der Waals surface area contributed by atoms with Crippen LogP contribution in [0.15, 0.2) is 42.5 Å². The summed E-state index contributed by atoms with van der Waals surface area (Å²) in [5.41, 5.74) is 2.24. The summed E-state index contributed by atoms with van der Waals surface area (Å²) in [5, 5.41) is 0.755. The molecule has 0 bridgehead atoms. The molecule has 104 valence electrons. The second kappa shape index (κ2) is 6.18. The first-order valence-electron chi connectivity index (χ1n) is 6.52. The maximum absolute atomic E-state index is 5.91. The Morgan fingerprint density at radius 1 is 1.00 bits per heavy atom. The molecule has 1 aliphatic heterocycles. The molecule has 3 rings (SSSR count). The topological polar surface area (TPSA) is 27.7 Å². The summed E-state index contributed by atoms with van der Waals surface area (Å²) in [6.07, 6.45) is 0. The molecule has 0 saturated heterocycles. The van der Waals surface area contributed by atoms with E-state index in [0.29, 0.717) is 25.6 Å². The lowest BCUT2D eigenvalue weighted by atomic mass is 10.2. The van der Waals surface area contributed by atoms with Crippen molar-refractivity contribution < 1.29 is 14.2 Å². The van der Waals surface area contributed by atoms with Crippen LogP contribution in [0, 0.1) is 0 Å². The lowest BCUT2D eigenvalue weighted by Gasteiger charge is -2.22. The van der Waals surface area contributed by atoms with Crippen LogP contribution in [-0.4, -0.2) is 13.2 Å². The van der Waals surface area contributed by atoms with Crippen molar-refractivity contribution in [3.63, 3.8) is 0 Å². The molecule has 3 nitrogen and oxygen atoms in total. The molecule has 0 amide bonds. The third-order valence-electron chi connectivity index (χ3n) is 3.06. The standard InChI is InChI=1S/C16H15BrO3/c17-10-13-8-14-16(19-7-6-18-14)15(9-13)20-11-12-4-2-1-3-5-12/h1-5,8-9H,6-7,10-11H2. The van der Waals surface area contributed by atoms with Gasteiger partial charge in [-0.25, -0.2) is 0 Å². The Kier molecular flexibility index (Phi) is 4.11. The SMILES string of the molecule is BrCc1cc2c(c(OCc3ccccc3)c1)OCCO2. The normalized spacial score (nSPS) is 13.1. The highest BCUT2D eigenvalue weighted by molar-refractivity contribution is 9.08. The minimum Gasteiger partial charge on any atom is -0.486 e. The first kappa shape index (κ1) is 13.3. The second-order valence-electron chi connectivity index (χ2n) is 4.53. The van der Waals surface area contributed by atoms with Gasteiger partial charge in [0.1, 0.15) is 19.8 Å². The van der Waals surface area contributed by atoms with Gasteiger partial charge in [0.2, 0.25) is 5.75 Å². The molecular weight excluding hydrogens is 320 g/mol. The van der Waals surface area contributed by atoms with Gasteiger partial charge in [0.25, 0.3) is 0 Å². The quantitative estimate of drug-likeness (QED) is 0.793. The number of alkyl halides is 1. The van der Waals surface area contributed by atoms with Crippen LogP contribution in [-0.2, 0) is 11.9 Å². The molecular formula is C16H15BrO3. The van der Waals surface area contributed by atoms with Crippen LogP contribution in [0.4, 0.5) is 0 Å². The Labute approximate surface area is 126 Å². The lowest BCUT2D eigenvalue weighted by Crippen LogP contribution is -2.16. The second-order valence-corrected chi connectivity index (χ2v) is 5.09. The summed E-state index contributed by atoms with van der Waals surface area (Å²) >= 11 is 3.46. The zero-order chi connectivity index (χ0) is 13.8. The van der Waals surface area contributed by atoms with Gasteiger partial charge in [-0.3, -0.25) is 0 Å². The molecule has 20 heavy (non-hydrogen) atoms. The van der Waals surface area contributed by atoms with Crippen LogP contribution in [0.25, 0.3) is 0 Å². The van der Waals surface area contributed by atoms with Crippen LogP contribution < -0.4 is 14.2 Å². The molecule has 1 heterocycles. The summed E-state index contributed by atoms with van der Waals surface area (Å²) in [6, 6.07) is 14.1. The molecule has 4 heteroatoms. The zero-order valence-corrected chi connectivity index (χ0v) is 12.6. The van der Waals surface area contributed by atoms with Crippen molar-refractivity contribution in [3.05, 3.63) is 53.6 Å². The average Bonchev–Trinajstić information content (AvgIpc) is 2.53. The van der Waals surface area contributed by atoms with Gasteiger partial charge in [-0.05, 0) is 23.3 Å². The molecule has 0 N–H and O–H groups in total. The maximum atomic E-state index is 5.91. The molecule has 0 atom stereocenters. The van der Waals surface area contributed by atoms with Crippen molar-refractivity contribution in [2.75, 3.05) is 13.2 Å². The molecule has 1 aliphatic rings. The van der Waals surface area contributed by atoms with Gasteiger partial charge in [0.05, 0.1) is 0 Å². The van der Waals surface area contributed by atoms with Gasteiger partial charge in [0.15, 0.2) is 11.5 Å². The van der Waals surface area contributed by atoms with Gasteiger partial charge >= 0.3 is 0 Å². The molecule has 2 aromatic rings. The largest absolute Gasteiger partial charge is 0.486 e. The molecule has 0 unspecified atom stereocenters. The molecule has 0 saturated carbocycles. The fourth-order valence-electron chi connectivity index (χ4n) is 2.10. The Bertz CT molecular complexity index is 584. The summed E-state index contributed by atoms with van der Waals surface area (Å²) in [4.78, 5) is 0. The smallest absolute Gasteiger partial charge is 0.203 e. The van der Waals surface area contributed by atoms with Crippen molar-refractivity contribution in [3.8, 4) is 17.2 Å². The van der Waals surface area contributed by atoms with Crippen molar-refractivity contribution in [1.82, 2.24) is 0 Å². The predicted molar refractivity (Wildman–Crippen MR) is 80.8 cm³/mol. The van der Waals surface area contributed by atoms with E-state index in [1.807, 2.05) is 42.5 Å². The molecule has 0 spiro atoms. The van der Waals surface area contributed by atoms with E-state index in [1.54, 1.807) is 0 Å². The highest BCUT2D eigenvalue weighted by Crippen LogP contribution is 2.41. The molecule has 0 aromatic heterocycles. The minimum atomic E-state index is 0.516. The highest BCUT2D eigenvalue weighted by Gasteiger charge is 2.18. The number of hydrogen-bond donors (Lipinski definition) is 0. The van der Waals surface area contributed by atoms with E-state index in [1.165, 1.54) is 0 Å². The zero-order valence-electron chi connectivity index (χ0n) is 11.0. The monoisotopic (exact) mass is 334 g/mol. The maximum Gasteiger partial charge on any atom is 0.203 e. The molecule has 2 aromatic carbocycles. The van der Waals surface area contributed by atoms with Crippen molar-refractivity contribution in [2.45, 2.75) is 11.9 Å². The Hall–Kier alpha value is -1.68. The first-order valence-corrected chi connectivity index (χ1v) is 7.64. The van der Waals surface area contributed by atoms with Gasteiger partial charge in [-0.2, -0.15) is 0 Å². The Morgan fingerprint density at radius 3 is 2.60 bits per heavy atom. The predicted octanol–water partition coefficient (Wildman–Crippen LogP) is 3.93. The fourth-order valence-corrected chi connectivity index (χ4v) is 2.42. The molecule has 0 aliphatic carbocycles. The average molecular weight is 335 g/mol. The first-order chi connectivity index (χ1) is 9.86. The Balaban J connectivity index is 1.84. The van der Waals surface area contributed by atoms with Crippen LogP contribution in [0.5, 0.6) is 17.2 Å². The minimum absolute atomic E-state index is 0.516. The number of halogens is 1. The van der Waals surface area contributed by atoms with E-state index in [0.717, 1.165) is 28.0 Å². The summed E-state index contributed by atoms with van der Waals surface area (Å²) < 4.78 is 17.2. The Morgan fingerprint density at radius 2 is 1.80 bits per heavy atom. The van der Waals surface area contributed by atoms with E-state index in [4.69, 9.17) is 14.2 Å². The van der Waals surface area contributed by atoms with Gasteiger partial charge in [0, 0.05) is 5.33 Å². The number of rotatable bonds is 4. The van der Waals surface area contributed by atoms with Crippen LogP contribution >= 0.6 is 15.9 Å². The number of benzene rings is 2. The van der Waals surface area contributed by atoms with E-state index in [-0.39, 0.29) is 0 Å². The summed E-state index contributed by atoms with van der Waals surface area (Å²) in [6.45, 7) is 1.65. The number of hydrogen-bond acceptors (Lipinski definition) is 3. The van der Waals surface area contributed by atoms with Gasteiger partial charge in [-0.1, -0.05) is 46.3 Å². The molecule has 0 fully saturated rings. The van der Waals surface area contributed by atoms with Gasteiger partial charge in [-0.15, -0.1) is 0 Å². The number of fused-ring (bicyclic) bond motifs is 1. The fraction of sp³-hybridized carbons (Fsp3) is 0.250. The van der Waals surface area contributed by atoms with E-state index in [9.17, 15) is 0 Å². The summed E-state index contributed by atoms with van der Waals surface area (Å²) in [5.74, 6) is 2.20. The molecule has 0 radical (unpaired) electrons. The summed E-state index contributed by atoms with van der Waals surface area (Å²) in [7, 11) is 0. The van der Waals surface area contributed by atoms with Crippen molar-refractivity contribution in [1.29, 1.82) is 0 Å². The van der Waals surface area contributed by atoms with Crippen LogP contribution in [0.2, 0.25) is 0 Å². The number of ether oxygens (including phenoxy) is 3. The van der Waals surface area contributed by atoms with Crippen molar-refractivity contribution in [2.24, 2.45) is 0 Å². The van der Waals surface area contributed by atoms with E-state index in [2.05, 4.69) is 15.9 Å².